The number of hydrogen-bond acceptors (Lipinski definition) is 5. The van der Waals surface area contributed by atoms with Crippen molar-refractivity contribution in [2.45, 2.75) is 59.0 Å². The third kappa shape index (κ3) is 6.54. The molecule has 3 fully saturated rings. The van der Waals surface area contributed by atoms with Gasteiger partial charge in [-0.25, -0.2) is 4.98 Å². The largest absolute Gasteiger partial charge is 0.472 e. The highest BCUT2D eigenvalue weighted by atomic mass is 16.5. The average molecular weight is 539 g/mol. The number of pyridine rings is 1. The number of ketones is 1. The molecule has 3 heterocycles. The predicted molar refractivity (Wildman–Crippen MR) is 161 cm³/mol. The molecular formula is C35H42N2O3. The van der Waals surface area contributed by atoms with E-state index < -0.39 is 0 Å². The number of likely N-dealkylation sites (tertiary alicyclic amines) is 1. The summed E-state index contributed by atoms with van der Waals surface area (Å²) in [7, 11) is 2.23. The molecule has 2 aliphatic heterocycles. The van der Waals surface area contributed by atoms with Crippen molar-refractivity contribution in [1.82, 2.24) is 9.88 Å². The van der Waals surface area contributed by atoms with Gasteiger partial charge < -0.3 is 14.4 Å². The van der Waals surface area contributed by atoms with E-state index in [0.717, 1.165) is 13.0 Å². The molecular weight excluding hydrogens is 496 g/mol. The van der Waals surface area contributed by atoms with Crippen LogP contribution in [0.15, 0.2) is 72.3 Å². The third-order valence-electron chi connectivity index (χ3n) is 8.21. The molecule has 1 aromatic heterocycles. The van der Waals surface area contributed by atoms with Crippen LogP contribution in [0.2, 0.25) is 0 Å². The van der Waals surface area contributed by atoms with Crippen LogP contribution in [0, 0.1) is 12.3 Å². The number of nitrogens with zero attached hydrogens (tertiary/aromatic N) is 2. The molecule has 6 rings (SSSR count). The predicted octanol–water partition coefficient (Wildman–Crippen LogP) is 7.10. The maximum atomic E-state index is 11.1. The van der Waals surface area contributed by atoms with E-state index in [2.05, 4.69) is 86.2 Å². The van der Waals surface area contributed by atoms with Crippen LogP contribution in [0.4, 0.5) is 0 Å². The zero-order chi connectivity index (χ0) is 28.3. The number of benzene rings is 2. The van der Waals surface area contributed by atoms with Crippen LogP contribution in [-0.4, -0.2) is 55.1 Å². The third-order valence-corrected chi connectivity index (χ3v) is 8.21. The van der Waals surface area contributed by atoms with Gasteiger partial charge in [-0.05, 0) is 61.1 Å². The van der Waals surface area contributed by atoms with Gasteiger partial charge in [0.05, 0.1) is 13.2 Å². The second-order valence-electron chi connectivity index (χ2n) is 12.2. The number of aryl methyl sites for hydroxylation is 1. The fourth-order valence-electron chi connectivity index (χ4n) is 6.14. The topological polar surface area (TPSA) is 51.7 Å². The Kier molecular flexibility index (Phi) is 8.53. The van der Waals surface area contributed by atoms with Crippen molar-refractivity contribution in [1.29, 1.82) is 0 Å². The summed E-state index contributed by atoms with van der Waals surface area (Å²) >= 11 is 0. The molecule has 0 N–H and O–H groups in total. The Bertz CT molecular complexity index is 1340. The lowest BCUT2D eigenvalue weighted by molar-refractivity contribution is -0.0106. The molecule has 210 valence electrons. The van der Waals surface area contributed by atoms with Crippen LogP contribution >= 0.6 is 0 Å². The summed E-state index contributed by atoms with van der Waals surface area (Å²) in [5, 5.41) is 0. The monoisotopic (exact) mass is 538 g/mol. The highest BCUT2D eigenvalue weighted by molar-refractivity contribution is 5.92. The number of rotatable bonds is 6. The Hall–Kier alpha value is -3.28. The van der Waals surface area contributed by atoms with Crippen LogP contribution in [-0.2, 0) is 4.74 Å². The van der Waals surface area contributed by atoms with E-state index in [0.29, 0.717) is 29.5 Å². The Morgan fingerprint density at radius 2 is 1.65 bits per heavy atom. The van der Waals surface area contributed by atoms with E-state index in [1.165, 1.54) is 60.7 Å². The maximum Gasteiger partial charge on any atom is 0.214 e. The van der Waals surface area contributed by atoms with Crippen LogP contribution in [0.25, 0.3) is 5.57 Å². The first-order valence-electron chi connectivity index (χ1n) is 14.5. The number of carbonyl (C=O) groups is 1. The van der Waals surface area contributed by atoms with E-state index >= 15 is 0 Å². The molecule has 0 radical (unpaired) electrons. The van der Waals surface area contributed by atoms with Crippen molar-refractivity contribution >= 4 is 11.4 Å². The molecule has 2 aromatic carbocycles. The summed E-state index contributed by atoms with van der Waals surface area (Å²) in [4.78, 5) is 17.6. The van der Waals surface area contributed by atoms with Crippen molar-refractivity contribution in [2.75, 3.05) is 33.4 Å². The molecule has 1 saturated carbocycles. The second kappa shape index (κ2) is 12.1. The molecule has 1 unspecified atom stereocenters. The van der Waals surface area contributed by atoms with Crippen LogP contribution < -0.4 is 4.74 Å². The molecule has 3 aromatic rings. The van der Waals surface area contributed by atoms with Crippen molar-refractivity contribution < 1.29 is 14.3 Å². The Balaban J connectivity index is 0.000000184. The van der Waals surface area contributed by atoms with Gasteiger partial charge in [-0.1, -0.05) is 79.6 Å². The zero-order valence-corrected chi connectivity index (χ0v) is 24.6. The summed E-state index contributed by atoms with van der Waals surface area (Å²) in [6, 6.07) is 23.6. The lowest BCUT2D eigenvalue weighted by atomic mass is 9.59. The van der Waals surface area contributed by atoms with E-state index in [1.807, 2.05) is 0 Å². The van der Waals surface area contributed by atoms with Gasteiger partial charge in [0.2, 0.25) is 5.88 Å². The Morgan fingerprint density at radius 3 is 2.20 bits per heavy atom. The minimum absolute atomic E-state index is 0.0527. The number of hydrogen-bond donors (Lipinski definition) is 0. The fourth-order valence-corrected chi connectivity index (χ4v) is 6.14. The van der Waals surface area contributed by atoms with E-state index in [1.54, 1.807) is 23.8 Å². The van der Waals surface area contributed by atoms with Crippen LogP contribution in [0.5, 0.6) is 5.88 Å². The summed E-state index contributed by atoms with van der Waals surface area (Å²) in [5.74, 6) is 1.03. The minimum atomic E-state index is -0.0527. The zero-order valence-electron chi connectivity index (χ0n) is 24.6. The van der Waals surface area contributed by atoms with Crippen molar-refractivity contribution in [3.05, 3.63) is 100 Å². The molecule has 0 bridgehead atoms. The molecule has 5 nitrogen and oxygen atoms in total. The van der Waals surface area contributed by atoms with Gasteiger partial charge >= 0.3 is 0 Å². The molecule has 3 aliphatic rings. The number of Topliss-reactive ketones (excluding diaryl/α,β-unsaturated/α-hetero) is 1. The normalized spacial score (nSPS) is 19.4. The first-order valence-corrected chi connectivity index (χ1v) is 14.5. The van der Waals surface area contributed by atoms with Crippen LogP contribution in [0.1, 0.15) is 78.7 Å². The van der Waals surface area contributed by atoms with Gasteiger partial charge in [-0.3, -0.25) is 4.79 Å². The van der Waals surface area contributed by atoms with Gasteiger partial charge in [0.15, 0.2) is 5.78 Å². The van der Waals surface area contributed by atoms with Crippen LogP contribution in [0.3, 0.4) is 0 Å². The molecule has 1 spiro atoms. The average Bonchev–Trinajstić information content (AvgIpc) is 3.41. The number of aromatic nitrogens is 1. The van der Waals surface area contributed by atoms with Crippen molar-refractivity contribution in [2.24, 2.45) is 5.41 Å². The lowest BCUT2D eigenvalue weighted by Gasteiger charge is -2.56. The molecule has 1 aliphatic carbocycles. The van der Waals surface area contributed by atoms with Gasteiger partial charge in [0, 0.05) is 37.9 Å². The number of allylic oxidation sites excluding steroid dienone is 1. The first-order chi connectivity index (χ1) is 19.2. The second-order valence-corrected chi connectivity index (χ2v) is 12.2. The standard InChI is InChI=1S/C24H29N.C11H13NO3/c1-17(2)19-9-11-21(12-10-19)23(20-7-5-18(3)6-8-20)22-13-24(14-22)15-25(4)16-24;1-8(13)10-3-2-4-11(12-10)15-9-5-6-14-7-9/h5-12,17H,13-16H2,1-4H3;2-4,9H,5-7H2,1H3. The lowest BCUT2D eigenvalue weighted by Crippen LogP contribution is -2.58. The van der Waals surface area contributed by atoms with Crippen molar-refractivity contribution in [3.63, 3.8) is 0 Å². The van der Waals surface area contributed by atoms with Gasteiger partial charge in [0.1, 0.15) is 11.8 Å². The molecule has 2 saturated heterocycles. The SMILES string of the molecule is CC(=O)c1cccc(OC2CCOC2)n1.Cc1ccc(C(=C2CC3(C2)CN(C)C3)c2ccc(C(C)C)cc2)cc1. The maximum absolute atomic E-state index is 11.1. The van der Waals surface area contributed by atoms with E-state index in [4.69, 9.17) is 9.47 Å². The highest BCUT2D eigenvalue weighted by Gasteiger charge is 2.49. The summed E-state index contributed by atoms with van der Waals surface area (Å²) in [5.41, 5.74) is 9.65. The summed E-state index contributed by atoms with van der Waals surface area (Å²) in [6.07, 6.45) is 3.49. The quantitative estimate of drug-likeness (QED) is 0.313. The molecule has 1 atom stereocenters. The first kappa shape index (κ1) is 28.3. The number of ether oxygens (including phenoxy) is 2. The Labute approximate surface area is 239 Å². The van der Waals surface area contributed by atoms with Gasteiger partial charge in [-0.15, -0.1) is 0 Å². The highest BCUT2D eigenvalue weighted by Crippen LogP contribution is 2.54. The molecule has 5 heteroatoms. The minimum Gasteiger partial charge on any atom is -0.472 e. The smallest absolute Gasteiger partial charge is 0.214 e. The van der Waals surface area contributed by atoms with Crippen molar-refractivity contribution in [3.8, 4) is 5.88 Å². The van der Waals surface area contributed by atoms with Gasteiger partial charge in [0.25, 0.3) is 0 Å². The molecule has 0 amide bonds. The van der Waals surface area contributed by atoms with E-state index in [-0.39, 0.29) is 11.9 Å². The van der Waals surface area contributed by atoms with E-state index in [9.17, 15) is 4.79 Å². The summed E-state index contributed by atoms with van der Waals surface area (Å²) < 4.78 is 10.8. The van der Waals surface area contributed by atoms with Gasteiger partial charge in [-0.2, -0.15) is 0 Å². The fraction of sp³-hybridized carbons (Fsp3) is 0.429. The number of carbonyl (C=O) groups excluding carboxylic acids is 1. The molecule has 40 heavy (non-hydrogen) atoms. The Morgan fingerprint density at radius 1 is 1.00 bits per heavy atom. The summed E-state index contributed by atoms with van der Waals surface area (Å²) in [6.45, 7) is 12.0.